The zero-order chi connectivity index (χ0) is 13.1. The molecule has 0 amide bonds. The first-order valence-electron chi connectivity index (χ1n) is 6.02. The van der Waals surface area contributed by atoms with Crippen LogP contribution in [0.5, 0.6) is 0 Å². The SMILES string of the molecule is CCn1cc(C(C)Nc2ccc(Cl)nc2C)cn1. The molecule has 4 nitrogen and oxygen atoms in total. The quantitative estimate of drug-likeness (QED) is 0.861. The van der Waals surface area contributed by atoms with Gasteiger partial charge in [0.25, 0.3) is 0 Å². The van der Waals surface area contributed by atoms with E-state index < -0.39 is 0 Å². The third-order valence-electron chi connectivity index (χ3n) is 2.90. The van der Waals surface area contributed by atoms with Gasteiger partial charge in [-0.05, 0) is 32.9 Å². The van der Waals surface area contributed by atoms with Crippen LogP contribution in [0.15, 0.2) is 24.5 Å². The van der Waals surface area contributed by atoms with Crippen LogP contribution < -0.4 is 5.32 Å². The fraction of sp³-hybridized carbons (Fsp3) is 0.385. The van der Waals surface area contributed by atoms with Gasteiger partial charge in [-0.15, -0.1) is 0 Å². The van der Waals surface area contributed by atoms with Gasteiger partial charge in [-0.25, -0.2) is 4.98 Å². The summed E-state index contributed by atoms with van der Waals surface area (Å²) in [6.45, 7) is 7.00. The summed E-state index contributed by atoms with van der Waals surface area (Å²) in [6.07, 6.45) is 3.94. The molecule has 0 saturated carbocycles. The Balaban J connectivity index is 2.13. The van der Waals surface area contributed by atoms with Crippen LogP contribution in [0, 0.1) is 6.92 Å². The van der Waals surface area contributed by atoms with Gasteiger partial charge in [-0.2, -0.15) is 5.10 Å². The molecular formula is C13H17ClN4. The summed E-state index contributed by atoms with van der Waals surface area (Å²) in [5.41, 5.74) is 3.06. The van der Waals surface area contributed by atoms with Crippen molar-refractivity contribution >= 4 is 17.3 Å². The highest BCUT2D eigenvalue weighted by Crippen LogP contribution is 2.22. The lowest BCUT2D eigenvalue weighted by atomic mass is 10.2. The molecule has 0 saturated heterocycles. The number of hydrogen-bond acceptors (Lipinski definition) is 3. The van der Waals surface area contributed by atoms with Crippen LogP contribution in [0.25, 0.3) is 0 Å². The van der Waals surface area contributed by atoms with Gasteiger partial charge in [0.15, 0.2) is 0 Å². The minimum absolute atomic E-state index is 0.187. The van der Waals surface area contributed by atoms with Crippen LogP contribution >= 0.6 is 11.6 Å². The monoisotopic (exact) mass is 264 g/mol. The zero-order valence-electron chi connectivity index (χ0n) is 10.8. The first-order valence-corrected chi connectivity index (χ1v) is 6.40. The first kappa shape index (κ1) is 12.9. The normalized spacial score (nSPS) is 12.4. The Bertz CT molecular complexity index is 536. The van der Waals surface area contributed by atoms with Crippen LogP contribution in [-0.4, -0.2) is 14.8 Å². The molecule has 0 aliphatic rings. The molecule has 2 heterocycles. The van der Waals surface area contributed by atoms with Crippen molar-refractivity contribution in [2.24, 2.45) is 0 Å². The number of nitrogens with zero attached hydrogens (tertiary/aromatic N) is 3. The minimum Gasteiger partial charge on any atom is -0.377 e. The van der Waals surface area contributed by atoms with Crippen LogP contribution in [0.1, 0.15) is 31.1 Å². The summed E-state index contributed by atoms with van der Waals surface area (Å²) in [5, 5.41) is 8.21. The summed E-state index contributed by atoms with van der Waals surface area (Å²) < 4.78 is 1.92. The third-order valence-corrected chi connectivity index (χ3v) is 3.11. The molecule has 0 radical (unpaired) electrons. The van der Waals surface area contributed by atoms with E-state index in [1.54, 1.807) is 6.07 Å². The first-order chi connectivity index (χ1) is 8.60. The fourth-order valence-corrected chi connectivity index (χ4v) is 1.97. The molecule has 0 aliphatic carbocycles. The van der Waals surface area contributed by atoms with Gasteiger partial charge < -0.3 is 5.32 Å². The number of halogens is 1. The number of hydrogen-bond donors (Lipinski definition) is 1. The zero-order valence-corrected chi connectivity index (χ0v) is 11.6. The molecule has 0 fully saturated rings. The number of nitrogens with one attached hydrogen (secondary N) is 1. The molecule has 2 rings (SSSR count). The average Bonchev–Trinajstić information content (AvgIpc) is 2.81. The molecule has 0 spiro atoms. The predicted octanol–water partition coefficient (Wildman–Crippen LogP) is 3.43. The van der Waals surface area contributed by atoms with Gasteiger partial charge in [-0.3, -0.25) is 4.68 Å². The van der Waals surface area contributed by atoms with Crippen molar-refractivity contribution in [3.8, 4) is 0 Å². The maximum Gasteiger partial charge on any atom is 0.129 e. The molecule has 1 atom stereocenters. The van der Waals surface area contributed by atoms with Gasteiger partial charge in [0.1, 0.15) is 5.15 Å². The second-order valence-electron chi connectivity index (χ2n) is 4.26. The van der Waals surface area contributed by atoms with Crippen molar-refractivity contribution in [1.29, 1.82) is 0 Å². The highest BCUT2D eigenvalue weighted by atomic mass is 35.5. The van der Waals surface area contributed by atoms with E-state index in [-0.39, 0.29) is 6.04 Å². The van der Waals surface area contributed by atoms with E-state index in [1.165, 1.54) is 0 Å². The molecule has 0 aliphatic heterocycles. The van der Waals surface area contributed by atoms with Gasteiger partial charge in [0.05, 0.1) is 23.6 Å². The number of aryl methyl sites for hydroxylation is 2. The largest absolute Gasteiger partial charge is 0.377 e. The van der Waals surface area contributed by atoms with E-state index in [0.29, 0.717) is 5.15 Å². The van der Waals surface area contributed by atoms with Crippen molar-refractivity contribution in [3.05, 3.63) is 40.9 Å². The topological polar surface area (TPSA) is 42.7 Å². The Morgan fingerprint density at radius 2 is 2.22 bits per heavy atom. The summed E-state index contributed by atoms with van der Waals surface area (Å²) in [5.74, 6) is 0. The lowest BCUT2D eigenvalue weighted by Gasteiger charge is -2.15. The summed E-state index contributed by atoms with van der Waals surface area (Å²) >= 11 is 5.84. The smallest absolute Gasteiger partial charge is 0.129 e. The van der Waals surface area contributed by atoms with E-state index >= 15 is 0 Å². The second kappa shape index (κ2) is 5.40. The van der Waals surface area contributed by atoms with Gasteiger partial charge in [0.2, 0.25) is 0 Å². The Morgan fingerprint density at radius 3 is 2.83 bits per heavy atom. The maximum absolute atomic E-state index is 5.84. The Labute approximate surface area is 112 Å². The molecular weight excluding hydrogens is 248 g/mol. The standard InChI is InChI=1S/C13H17ClN4/c1-4-18-8-11(7-15-18)9(2)16-12-5-6-13(14)17-10(12)3/h5-9,16H,4H2,1-3H3. The average molecular weight is 265 g/mol. The van der Waals surface area contributed by atoms with E-state index in [9.17, 15) is 0 Å². The van der Waals surface area contributed by atoms with Crippen LogP contribution in [0.3, 0.4) is 0 Å². The highest BCUT2D eigenvalue weighted by Gasteiger charge is 2.09. The van der Waals surface area contributed by atoms with E-state index in [0.717, 1.165) is 23.5 Å². The lowest BCUT2D eigenvalue weighted by Crippen LogP contribution is -2.07. The van der Waals surface area contributed by atoms with E-state index in [2.05, 4.69) is 35.4 Å². The molecule has 5 heteroatoms. The maximum atomic E-state index is 5.84. The lowest BCUT2D eigenvalue weighted by molar-refractivity contribution is 0.658. The number of anilines is 1. The molecule has 1 N–H and O–H groups in total. The van der Waals surface area contributed by atoms with Crippen molar-refractivity contribution in [1.82, 2.24) is 14.8 Å². The van der Waals surface area contributed by atoms with Crippen molar-refractivity contribution in [3.63, 3.8) is 0 Å². The van der Waals surface area contributed by atoms with Crippen molar-refractivity contribution < 1.29 is 0 Å². The summed E-state index contributed by atoms with van der Waals surface area (Å²) in [7, 11) is 0. The van der Waals surface area contributed by atoms with Crippen LogP contribution in [0.2, 0.25) is 5.15 Å². The Kier molecular flexibility index (Phi) is 3.87. The Morgan fingerprint density at radius 1 is 1.44 bits per heavy atom. The molecule has 1 unspecified atom stereocenters. The van der Waals surface area contributed by atoms with Crippen LogP contribution in [-0.2, 0) is 6.54 Å². The number of aromatic nitrogens is 3. The van der Waals surface area contributed by atoms with E-state index in [4.69, 9.17) is 11.6 Å². The van der Waals surface area contributed by atoms with Gasteiger partial charge in [-0.1, -0.05) is 11.6 Å². The second-order valence-corrected chi connectivity index (χ2v) is 4.65. The third kappa shape index (κ3) is 2.82. The number of rotatable bonds is 4. The van der Waals surface area contributed by atoms with Crippen LogP contribution in [0.4, 0.5) is 5.69 Å². The van der Waals surface area contributed by atoms with Crippen molar-refractivity contribution in [2.45, 2.75) is 33.4 Å². The number of pyridine rings is 1. The minimum atomic E-state index is 0.187. The summed E-state index contributed by atoms with van der Waals surface area (Å²) in [6, 6.07) is 3.93. The molecule has 2 aromatic heterocycles. The van der Waals surface area contributed by atoms with Gasteiger partial charge >= 0.3 is 0 Å². The predicted molar refractivity (Wildman–Crippen MR) is 73.9 cm³/mol. The fourth-order valence-electron chi connectivity index (χ4n) is 1.78. The summed E-state index contributed by atoms with van der Waals surface area (Å²) in [4.78, 5) is 4.22. The highest BCUT2D eigenvalue weighted by molar-refractivity contribution is 6.29. The van der Waals surface area contributed by atoms with Gasteiger partial charge in [0, 0.05) is 18.3 Å². The Hall–Kier alpha value is -1.55. The molecule has 18 heavy (non-hydrogen) atoms. The van der Waals surface area contributed by atoms with E-state index in [1.807, 2.05) is 23.9 Å². The molecule has 96 valence electrons. The molecule has 0 bridgehead atoms. The van der Waals surface area contributed by atoms with Crippen molar-refractivity contribution in [2.75, 3.05) is 5.32 Å². The molecule has 2 aromatic rings. The molecule has 0 aromatic carbocycles.